The molecule has 2 saturated heterocycles. The Labute approximate surface area is 137 Å². The SMILES string of the molecule is Cc1csc(NC(=O)CCCCC2SCC3NC(=O)NC32)n1. The third kappa shape index (κ3) is 3.73. The van der Waals surface area contributed by atoms with E-state index in [-0.39, 0.29) is 24.0 Å². The summed E-state index contributed by atoms with van der Waals surface area (Å²) in [7, 11) is 0. The quantitative estimate of drug-likeness (QED) is 0.547. The molecule has 1 aromatic heterocycles. The Morgan fingerprint density at radius 3 is 3.09 bits per heavy atom. The van der Waals surface area contributed by atoms with Crippen LogP contribution < -0.4 is 16.0 Å². The highest BCUT2D eigenvalue weighted by Crippen LogP contribution is 2.33. The first-order chi connectivity index (χ1) is 10.6. The topological polar surface area (TPSA) is 83.1 Å². The molecule has 3 amide bonds. The van der Waals surface area contributed by atoms with Gasteiger partial charge in [-0.15, -0.1) is 11.3 Å². The number of rotatable bonds is 6. The summed E-state index contributed by atoms with van der Waals surface area (Å²) in [6.07, 6.45) is 3.43. The molecular weight excluding hydrogens is 320 g/mol. The van der Waals surface area contributed by atoms with Gasteiger partial charge in [0.25, 0.3) is 0 Å². The van der Waals surface area contributed by atoms with Gasteiger partial charge in [-0.3, -0.25) is 4.79 Å². The summed E-state index contributed by atoms with van der Waals surface area (Å²) in [6, 6.07) is 0.488. The summed E-state index contributed by atoms with van der Waals surface area (Å²) in [5.74, 6) is 1.01. The predicted molar refractivity (Wildman–Crippen MR) is 89.4 cm³/mol. The lowest BCUT2D eigenvalue weighted by molar-refractivity contribution is -0.116. The third-order valence-corrected chi connectivity index (χ3v) is 6.33. The van der Waals surface area contributed by atoms with E-state index in [0.29, 0.717) is 16.8 Å². The third-order valence-electron chi connectivity index (χ3n) is 3.95. The Morgan fingerprint density at radius 2 is 2.32 bits per heavy atom. The maximum atomic E-state index is 11.8. The molecular formula is C14H20N4O2S2. The van der Waals surface area contributed by atoms with Crippen molar-refractivity contribution in [1.29, 1.82) is 0 Å². The van der Waals surface area contributed by atoms with Crippen LogP contribution in [0.15, 0.2) is 5.38 Å². The monoisotopic (exact) mass is 340 g/mol. The fraction of sp³-hybridized carbons (Fsp3) is 0.643. The molecule has 120 valence electrons. The molecule has 2 aliphatic rings. The summed E-state index contributed by atoms with van der Waals surface area (Å²) in [5, 5.41) is 11.8. The molecule has 3 atom stereocenters. The van der Waals surface area contributed by atoms with Gasteiger partial charge >= 0.3 is 6.03 Å². The minimum Gasteiger partial charge on any atom is -0.332 e. The zero-order valence-corrected chi connectivity index (χ0v) is 14.1. The average Bonchev–Trinajstić information content (AvgIpc) is 3.12. The molecule has 0 spiro atoms. The fourth-order valence-electron chi connectivity index (χ4n) is 2.87. The van der Waals surface area contributed by atoms with Crippen molar-refractivity contribution in [3.63, 3.8) is 0 Å². The number of hydrogen-bond donors (Lipinski definition) is 3. The summed E-state index contributed by atoms with van der Waals surface area (Å²) >= 11 is 3.37. The summed E-state index contributed by atoms with van der Waals surface area (Å²) < 4.78 is 0. The summed E-state index contributed by atoms with van der Waals surface area (Å²) in [4.78, 5) is 27.4. The van der Waals surface area contributed by atoms with E-state index in [1.807, 2.05) is 24.1 Å². The number of fused-ring (bicyclic) bond motifs is 1. The lowest BCUT2D eigenvalue weighted by Gasteiger charge is -2.16. The van der Waals surface area contributed by atoms with Crippen molar-refractivity contribution in [3.8, 4) is 0 Å². The van der Waals surface area contributed by atoms with Crippen molar-refractivity contribution in [2.75, 3.05) is 11.1 Å². The van der Waals surface area contributed by atoms with Crippen LogP contribution in [0, 0.1) is 6.92 Å². The zero-order valence-electron chi connectivity index (χ0n) is 12.4. The van der Waals surface area contributed by atoms with E-state index in [1.54, 1.807) is 0 Å². The van der Waals surface area contributed by atoms with Crippen molar-refractivity contribution < 1.29 is 9.59 Å². The van der Waals surface area contributed by atoms with E-state index in [4.69, 9.17) is 0 Å². The molecule has 6 nitrogen and oxygen atoms in total. The smallest absolute Gasteiger partial charge is 0.315 e. The molecule has 0 bridgehead atoms. The summed E-state index contributed by atoms with van der Waals surface area (Å²) in [6.45, 7) is 1.91. The lowest BCUT2D eigenvalue weighted by atomic mass is 10.0. The number of urea groups is 1. The second-order valence-electron chi connectivity index (χ2n) is 5.71. The number of thiazole rings is 1. The van der Waals surface area contributed by atoms with Gasteiger partial charge in [0.1, 0.15) is 0 Å². The average molecular weight is 340 g/mol. The van der Waals surface area contributed by atoms with Gasteiger partial charge in [-0.05, 0) is 19.8 Å². The van der Waals surface area contributed by atoms with Crippen LogP contribution in [0.3, 0.4) is 0 Å². The van der Waals surface area contributed by atoms with Crippen LogP contribution in [-0.4, -0.2) is 40.0 Å². The molecule has 22 heavy (non-hydrogen) atoms. The molecule has 3 heterocycles. The van der Waals surface area contributed by atoms with E-state index in [1.165, 1.54) is 11.3 Å². The molecule has 2 aliphatic heterocycles. The molecule has 0 radical (unpaired) electrons. The molecule has 2 fully saturated rings. The number of unbranched alkanes of at least 4 members (excludes halogenated alkanes) is 1. The maximum absolute atomic E-state index is 11.8. The van der Waals surface area contributed by atoms with Crippen molar-refractivity contribution in [1.82, 2.24) is 15.6 Å². The van der Waals surface area contributed by atoms with Crippen molar-refractivity contribution >= 4 is 40.2 Å². The second kappa shape index (κ2) is 6.87. The number of aromatic nitrogens is 1. The van der Waals surface area contributed by atoms with E-state index in [2.05, 4.69) is 20.9 Å². The first kappa shape index (κ1) is 15.6. The number of carbonyl (C=O) groups is 2. The van der Waals surface area contributed by atoms with Crippen LogP contribution in [0.2, 0.25) is 0 Å². The number of carbonyl (C=O) groups excluding carboxylic acids is 2. The first-order valence-corrected chi connectivity index (χ1v) is 9.45. The van der Waals surface area contributed by atoms with Crippen LogP contribution in [0.25, 0.3) is 0 Å². The molecule has 0 aromatic carbocycles. The minimum absolute atomic E-state index is 0.0298. The largest absolute Gasteiger partial charge is 0.332 e. The number of hydrogen-bond acceptors (Lipinski definition) is 5. The van der Waals surface area contributed by atoms with Crippen LogP contribution in [-0.2, 0) is 4.79 Å². The van der Waals surface area contributed by atoms with Crippen molar-refractivity contribution in [2.45, 2.75) is 49.9 Å². The van der Waals surface area contributed by atoms with Gasteiger partial charge in [0.05, 0.1) is 17.8 Å². The minimum atomic E-state index is -0.0431. The fourth-order valence-corrected chi connectivity index (χ4v) is 5.12. The Balaban J connectivity index is 1.34. The van der Waals surface area contributed by atoms with Crippen LogP contribution in [0.1, 0.15) is 31.4 Å². The number of aryl methyl sites for hydroxylation is 1. The Kier molecular flexibility index (Phi) is 4.87. The van der Waals surface area contributed by atoms with E-state index in [9.17, 15) is 9.59 Å². The Hall–Kier alpha value is -1.28. The standard InChI is InChI=1S/C14H20N4O2S2/c1-8-6-22-14(15-8)17-11(19)5-3-2-4-10-12-9(7-21-10)16-13(20)18-12/h6,9-10,12H,2-5,7H2,1H3,(H,15,17,19)(H2,16,18,20). The van der Waals surface area contributed by atoms with Gasteiger partial charge in [-0.25, -0.2) is 9.78 Å². The van der Waals surface area contributed by atoms with Crippen LogP contribution in [0.5, 0.6) is 0 Å². The first-order valence-electron chi connectivity index (χ1n) is 7.52. The molecule has 1 aromatic rings. The van der Waals surface area contributed by atoms with E-state index >= 15 is 0 Å². The molecule has 3 N–H and O–H groups in total. The lowest BCUT2D eigenvalue weighted by Crippen LogP contribution is -2.36. The van der Waals surface area contributed by atoms with E-state index in [0.717, 1.165) is 30.7 Å². The molecule has 3 rings (SSSR count). The van der Waals surface area contributed by atoms with Crippen molar-refractivity contribution in [2.24, 2.45) is 0 Å². The number of anilines is 1. The van der Waals surface area contributed by atoms with Gasteiger partial charge in [0, 0.05) is 22.8 Å². The Morgan fingerprint density at radius 1 is 1.45 bits per heavy atom. The van der Waals surface area contributed by atoms with Gasteiger partial charge in [0.2, 0.25) is 5.91 Å². The molecule has 3 unspecified atom stereocenters. The van der Waals surface area contributed by atoms with Crippen LogP contribution >= 0.6 is 23.1 Å². The summed E-state index contributed by atoms with van der Waals surface area (Å²) in [5.41, 5.74) is 0.931. The van der Waals surface area contributed by atoms with E-state index < -0.39 is 0 Å². The van der Waals surface area contributed by atoms with Gasteiger partial charge in [0.15, 0.2) is 5.13 Å². The van der Waals surface area contributed by atoms with Gasteiger partial charge in [-0.2, -0.15) is 11.8 Å². The van der Waals surface area contributed by atoms with Gasteiger partial charge in [-0.1, -0.05) is 6.42 Å². The highest BCUT2D eigenvalue weighted by atomic mass is 32.2. The molecule has 0 saturated carbocycles. The maximum Gasteiger partial charge on any atom is 0.315 e. The second-order valence-corrected chi connectivity index (χ2v) is 7.84. The van der Waals surface area contributed by atoms with Crippen LogP contribution in [0.4, 0.5) is 9.93 Å². The number of amides is 3. The predicted octanol–water partition coefficient (Wildman–Crippen LogP) is 2.12. The Bertz CT molecular complexity index is 563. The number of nitrogens with zero attached hydrogens (tertiary/aromatic N) is 1. The number of thioether (sulfide) groups is 1. The molecule has 0 aliphatic carbocycles. The van der Waals surface area contributed by atoms with Gasteiger partial charge < -0.3 is 16.0 Å². The highest BCUT2D eigenvalue weighted by molar-refractivity contribution is 8.00. The zero-order chi connectivity index (χ0) is 15.5. The molecule has 8 heteroatoms. The normalized spacial score (nSPS) is 26.4. The number of nitrogens with one attached hydrogen (secondary N) is 3. The highest BCUT2D eigenvalue weighted by Gasteiger charge is 2.42. The van der Waals surface area contributed by atoms with Crippen molar-refractivity contribution in [3.05, 3.63) is 11.1 Å².